The number of amides is 2. The van der Waals surface area contributed by atoms with Gasteiger partial charge in [0.2, 0.25) is 11.8 Å². The van der Waals surface area contributed by atoms with Crippen molar-refractivity contribution in [1.82, 2.24) is 4.90 Å². The molecule has 0 spiro atoms. The monoisotopic (exact) mass is 342 g/mol. The van der Waals surface area contributed by atoms with Gasteiger partial charge >= 0.3 is 0 Å². The van der Waals surface area contributed by atoms with Gasteiger partial charge in [-0.1, -0.05) is 18.2 Å². The highest BCUT2D eigenvalue weighted by Gasteiger charge is 2.13. The third-order valence-corrected chi connectivity index (χ3v) is 3.46. The van der Waals surface area contributed by atoms with Crippen molar-refractivity contribution >= 4 is 17.5 Å². The van der Waals surface area contributed by atoms with Gasteiger partial charge in [-0.3, -0.25) is 9.59 Å². The Kier molecular flexibility index (Phi) is 6.98. The van der Waals surface area contributed by atoms with Crippen LogP contribution in [0.3, 0.4) is 0 Å². The summed E-state index contributed by atoms with van der Waals surface area (Å²) in [5.74, 6) is 0.992. The highest BCUT2D eigenvalue weighted by atomic mass is 16.5. The second kappa shape index (κ2) is 9.44. The second-order valence-electron chi connectivity index (χ2n) is 5.42. The predicted octanol–water partition coefficient (Wildman–Crippen LogP) is 2.91. The Morgan fingerprint density at radius 2 is 1.64 bits per heavy atom. The Morgan fingerprint density at radius 3 is 2.24 bits per heavy atom. The first kappa shape index (κ1) is 18.5. The molecule has 6 heteroatoms. The standard InChI is InChI=1S/C19H22N2O4/c1-15(22)21(12-13-24-2)14-19(23)20-16-8-10-18(11-9-16)25-17-6-4-3-5-7-17/h3-11H,12-14H2,1-2H3,(H,20,23). The van der Waals surface area contributed by atoms with Crippen LogP contribution in [0.2, 0.25) is 0 Å². The van der Waals surface area contributed by atoms with Crippen molar-refractivity contribution in [2.24, 2.45) is 0 Å². The lowest BCUT2D eigenvalue weighted by Gasteiger charge is -2.20. The van der Waals surface area contributed by atoms with Crippen LogP contribution in [0, 0.1) is 0 Å². The number of benzene rings is 2. The lowest BCUT2D eigenvalue weighted by Crippen LogP contribution is -2.38. The first-order chi connectivity index (χ1) is 12.1. The van der Waals surface area contributed by atoms with Gasteiger partial charge in [-0.05, 0) is 36.4 Å². The van der Waals surface area contributed by atoms with E-state index in [-0.39, 0.29) is 18.4 Å². The maximum absolute atomic E-state index is 12.1. The topological polar surface area (TPSA) is 67.9 Å². The van der Waals surface area contributed by atoms with Crippen molar-refractivity contribution in [3.63, 3.8) is 0 Å². The summed E-state index contributed by atoms with van der Waals surface area (Å²) >= 11 is 0. The summed E-state index contributed by atoms with van der Waals surface area (Å²) in [5, 5.41) is 2.77. The second-order valence-corrected chi connectivity index (χ2v) is 5.42. The average Bonchev–Trinajstić information content (AvgIpc) is 2.61. The zero-order chi connectivity index (χ0) is 18.1. The Labute approximate surface area is 147 Å². The molecule has 0 fully saturated rings. The molecule has 0 aliphatic heterocycles. The van der Waals surface area contributed by atoms with Crippen LogP contribution >= 0.6 is 0 Å². The smallest absolute Gasteiger partial charge is 0.243 e. The first-order valence-electron chi connectivity index (χ1n) is 7.96. The molecule has 132 valence electrons. The number of rotatable bonds is 8. The maximum atomic E-state index is 12.1. The molecule has 0 atom stereocenters. The number of carbonyl (C=O) groups excluding carboxylic acids is 2. The summed E-state index contributed by atoms with van der Waals surface area (Å²) in [6.07, 6.45) is 0. The molecule has 2 aromatic carbocycles. The van der Waals surface area contributed by atoms with Crippen LogP contribution in [0.5, 0.6) is 11.5 Å². The quantitative estimate of drug-likeness (QED) is 0.801. The highest BCUT2D eigenvalue weighted by molar-refractivity contribution is 5.94. The number of anilines is 1. The summed E-state index contributed by atoms with van der Waals surface area (Å²) in [6.45, 7) is 2.18. The van der Waals surface area contributed by atoms with E-state index in [0.29, 0.717) is 24.6 Å². The summed E-state index contributed by atoms with van der Waals surface area (Å²) in [4.78, 5) is 25.1. The Balaban J connectivity index is 1.89. The third-order valence-electron chi connectivity index (χ3n) is 3.46. The third kappa shape index (κ3) is 6.27. The van der Waals surface area contributed by atoms with E-state index in [1.807, 2.05) is 30.3 Å². The summed E-state index contributed by atoms with van der Waals surface area (Å²) in [7, 11) is 1.55. The van der Waals surface area contributed by atoms with Gasteiger partial charge in [-0.2, -0.15) is 0 Å². The Bertz CT molecular complexity index is 686. The Hall–Kier alpha value is -2.86. The van der Waals surface area contributed by atoms with Crippen molar-refractivity contribution in [3.8, 4) is 11.5 Å². The van der Waals surface area contributed by atoms with E-state index < -0.39 is 0 Å². The van der Waals surface area contributed by atoms with E-state index >= 15 is 0 Å². The molecule has 0 aromatic heterocycles. The molecular weight excluding hydrogens is 320 g/mol. The van der Waals surface area contributed by atoms with Crippen LogP contribution in [-0.4, -0.2) is 43.5 Å². The van der Waals surface area contributed by atoms with Gasteiger partial charge in [-0.25, -0.2) is 0 Å². The SMILES string of the molecule is COCCN(CC(=O)Nc1ccc(Oc2ccccc2)cc1)C(C)=O. The number of methoxy groups -OCH3 is 1. The van der Waals surface area contributed by atoms with E-state index in [4.69, 9.17) is 9.47 Å². The fraction of sp³-hybridized carbons (Fsp3) is 0.263. The van der Waals surface area contributed by atoms with E-state index in [2.05, 4.69) is 5.32 Å². The number of carbonyl (C=O) groups is 2. The molecule has 0 unspecified atom stereocenters. The van der Waals surface area contributed by atoms with Gasteiger partial charge in [0.15, 0.2) is 0 Å². The number of hydrogen-bond acceptors (Lipinski definition) is 4. The fourth-order valence-electron chi connectivity index (χ4n) is 2.15. The summed E-state index contributed by atoms with van der Waals surface area (Å²) < 4.78 is 10.6. The average molecular weight is 342 g/mol. The van der Waals surface area contributed by atoms with Crippen molar-refractivity contribution in [2.75, 3.05) is 32.1 Å². The zero-order valence-electron chi connectivity index (χ0n) is 14.4. The molecule has 0 saturated carbocycles. The highest BCUT2D eigenvalue weighted by Crippen LogP contribution is 2.22. The number of para-hydroxylation sites is 1. The van der Waals surface area contributed by atoms with Gasteiger partial charge in [-0.15, -0.1) is 0 Å². The van der Waals surface area contributed by atoms with Crippen LogP contribution in [0.4, 0.5) is 5.69 Å². The molecule has 2 rings (SSSR count). The van der Waals surface area contributed by atoms with Crippen molar-refractivity contribution in [2.45, 2.75) is 6.92 Å². The Morgan fingerprint density at radius 1 is 1.00 bits per heavy atom. The van der Waals surface area contributed by atoms with Crippen LogP contribution in [0.1, 0.15) is 6.92 Å². The number of nitrogens with one attached hydrogen (secondary N) is 1. The minimum absolute atomic E-state index is 0.0129. The minimum Gasteiger partial charge on any atom is -0.457 e. The van der Waals surface area contributed by atoms with Gasteiger partial charge in [0.1, 0.15) is 11.5 Å². The molecule has 6 nitrogen and oxygen atoms in total. The van der Waals surface area contributed by atoms with Gasteiger partial charge in [0.05, 0.1) is 13.2 Å². The molecule has 0 bridgehead atoms. The largest absolute Gasteiger partial charge is 0.457 e. The molecule has 0 radical (unpaired) electrons. The molecule has 2 amide bonds. The molecule has 2 aromatic rings. The van der Waals surface area contributed by atoms with Crippen molar-refractivity contribution in [1.29, 1.82) is 0 Å². The minimum atomic E-state index is -0.261. The van der Waals surface area contributed by atoms with E-state index in [1.54, 1.807) is 31.4 Å². The normalized spacial score (nSPS) is 10.2. The molecule has 0 aliphatic rings. The number of ether oxygens (including phenoxy) is 2. The summed E-state index contributed by atoms with van der Waals surface area (Å²) in [5.41, 5.74) is 0.639. The molecule has 0 saturated heterocycles. The lowest BCUT2D eigenvalue weighted by atomic mass is 10.3. The fourth-order valence-corrected chi connectivity index (χ4v) is 2.15. The van der Waals surface area contributed by atoms with Gasteiger partial charge < -0.3 is 19.7 Å². The van der Waals surface area contributed by atoms with Crippen molar-refractivity contribution in [3.05, 3.63) is 54.6 Å². The van der Waals surface area contributed by atoms with E-state index in [0.717, 1.165) is 5.75 Å². The number of nitrogens with zero attached hydrogens (tertiary/aromatic N) is 1. The maximum Gasteiger partial charge on any atom is 0.243 e. The van der Waals surface area contributed by atoms with Crippen molar-refractivity contribution < 1.29 is 19.1 Å². The van der Waals surface area contributed by atoms with E-state index in [1.165, 1.54) is 11.8 Å². The van der Waals surface area contributed by atoms with Crippen LogP contribution in [0.25, 0.3) is 0 Å². The zero-order valence-corrected chi connectivity index (χ0v) is 14.4. The lowest BCUT2D eigenvalue weighted by molar-refractivity contribution is -0.133. The first-order valence-corrected chi connectivity index (χ1v) is 7.96. The van der Waals surface area contributed by atoms with E-state index in [9.17, 15) is 9.59 Å². The molecule has 0 aliphatic carbocycles. The van der Waals surface area contributed by atoms with Gasteiger partial charge in [0, 0.05) is 26.3 Å². The molecule has 25 heavy (non-hydrogen) atoms. The molecule has 1 N–H and O–H groups in total. The molecule has 0 heterocycles. The van der Waals surface area contributed by atoms with Crippen LogP contribution in [-0.2, 0) is 14.3 Å². The van der Waals surface area contributed by atoms with Crippen LogP contribution < -0.4 is 10.1 Å². The predicted molar refractivity (Wildman–Crippen MR) is 95.7 cm³/mol. The number of hydrogen-bond donors (Lipinski definition) is 1. The van der Waals surface area contributed by atoms with Gasteiger partial charge in [0.25, 0.3) is 0 Å². The summed E-state index contributed by atoms with van der Waals surface area (Å²) in [6, 6.07) is 16.5. The molecular formula is C19H22N2O4. The van der Waals surface area contributed by atoms with Crippen LogP contribution in [0.15, 0.2) is 54.6 Å².